The third-order valence-corrected chi connectivity index (χ3v) is 5.44. The van der Waals surface area contributed by atoms with Gasteiger partial charge >= 0.3 is 0 Å². The lowest BCUT2D eigenvalue weighted by Crippen LogP contribution is -2.49. The molecule has 0 atom stereocenters. The average Bonchev–Trinajstić information content (AvgIpc) is 2.73. The second-order valence-electron chi connectivity index (χ2n) is 6.91. The number of hydrogen-bond donors (Lipinski definition) is 1. The molecule has 4 rings (SSSR count). The summed E-state index contributed by atoms with van der Waals surface area (Å²) in [4.78, 5) is 45.0. The Morgan fingerprint density at radius 2 is 1.79 bits per heavy atom. The van der Waals surface area contributed by atoms with Gasteiger partial charge < -0.3 is 14.8 Å². The van der Waals surface area contributed by atoms with Crippen molar-refractivity contribution >= 4 is 34.5 Å². The molecule has 1 aromatic carbocycles. The zero-order valence-corrected chi connectivity index (χ0v) is 17.2. The molecule has 3 aromatic rings. The number of anilines is 1. The number of carbonyl (C=O) groups is 1. The molecular weight excluding hydrogens is 388 g/mol. The largest absolute Gasteiger partial charge is 0.352 e. The fraction of sp³-hybridized carbons (Fsp3) is 0.350. The van der Waals surface area contributed by atoms with Crippen LogP contribution in [0.15, 0.2) is 35.1 Å². The number of aromatic nitrogens is 4. The Hall–Kier alpha value is -2.94. The summed E-state index contributed by atoms with van der Waals surface area (Å²) in [6.45, 7) is 4.35. The summed E-state index contributed by atoms with van der Waals surface area (Å²) in [6, 6.07) is 9.09. The van der Waals surface area contributed by atoms with Crippen molar-refractivity contribution in [2.45, 2.75) is 12.7 Å². The number of piperazine rings is 1. The van der Waals surface area contributed by atoms with Crippen LogP contribution in [0.3, 0.4) is 0 Å². The van der Waals surface area contributed by atoms with Crippen LogP contribution in [0.1, 0.15) is 22.0 Å². The number of aryl methyl sites for hydroxylation is 1. The number of amides is 1. The molecular formula is C20H22N6O2S. The molecule has 1 aliphatic heterocycles. The molecule has 8 nitrogen and oxygen atoms in total. The van der Waals surface area contributed by atoms with Crippen LogP contribution in [0.4, 0.5) is 5.82 Å². The standard InChI is InChI=1S/C20H22N6O2S/c1-13-19(23-15-6-4-3-5-14(15)21-13)25-7-9-26(10-8-25)20(28)16-11-18(27)24-17(22-16)12-29-2/h3-6,11H,7-10,12H2,1-2H3,(H,22,24,27). The highest BCUT2D eigenvalue weighted by Gasteiger charge is 2.25. The number of fused-ring (bicyclic) bond motifs is 1. The molecule has 150 valence electrons. The summed E-state index contributed by atoms with van der Waals surface area (Å²) >= 11 is 1.54. The lowest BCUT2D eigenvalue weighted by molar-refractivity contribution is 0.0740. The Kier molecular flexibility index (Phi) is 5.48. The van der Waals surface area contributed by atoms with Crippen molar-refractivity contribution in [3.63, 3.8) is 0 Å². The SMILES string of the molecule is CSCc1nc(C(=O)N2CCN(c3nc4ccccc4nc3C)CC2)cc(=O)[nH]1. The highest BCUT2D eigenvalue weighted by atomic mass is 32.2. The Morgan fingerprint density at radius 3 is 2.48 bits per heavy atom. The molecule has 1 amide bonds. The summed E-state index contributed by atoms with van der Waals surface area (Å²) in [5, 5.41) is 0. The van der Waals surface area contributed by atoms with Crippen LogP contribution >= 0.6 is 11.8 Å². The number of para-hydroxylation sites is 2. The van der Waals surface area contributed by atoms with Crippen molar-refractivity contribution in [3.8, 4) is 0 Å². The van der Waals surface area contributed by atoms with E-state index in [4.69, 9.17) is 4.98 Å². The summed E-state index contributed by atoms with van der Waals surface area (Å²) in [7, 11) is 0. The summed E-state index contributed by atoms with van der Waals surface area (Å²) in [5.41, 5.74) is 2.52. The number of hydrogen-bond acceptors (Lipinski definition) is 7. The van der Waals surface area contributed by atoms with E-state index in [1.54, 1.807) is 16.7 Å². The molecule has 1 N–H and O–H groups in total. The Bertz CT molecular complexity index is 1110. The van der Waals surface area contributed by atoms with Crippen LogP contribution in [0.5, 0.6) is 0 Å². The highest BCUT2D eigenvalue weighted by molar-refractivity contribution is 7.97. The number of carbonyl (C=O) groups excluding carboxylic acids is 1. The number of benzene rings is 1. The molecule has 0 radical (unpaired) electrons. The van der Waals surface area contributed by atoms with E-state index in [9.17, 15) is 9.59 Å². The number of H-pyrrole nitrogens is 1. The maximum absolute atomic E-state index is 12.9. The fourth-order valence-electron chi connectivity index (χ4n) is 3.48. The normalized spacial score (nSPS) is 14.4. The number of rotatable bonds is 4. The zero-order chi connectivity index (χ0) is 20.4. The molecule has 0 bridgehead atoms. The van der Waals surface area contributed by atoms with Gasteiger partial charge in [-0.3, -0.25) is 9.59 Å². The summed E-state index contributed by atoms with van der Waals surface area (Å²) in [5.74, 6) is 1.73. The predicted octanol–water partition coefficient (Wildman–Crippen LogP) is 1.85. The van der Waals surface area contributed by atoms with E-state index in [0.717, 1.165) is 22.5 Å². The van der Waals surface area contributed by atoms with Gasteiger partial charge in [0.1, 0.15) is 11.5 Å². The van der Waals surface area contributed by atoms with E-state index in [-0.39, 0.29) is 17.2 Å². The van der Waals surface area contributed by atoms with Crippen molar-refractivity contribution in [1.82, 2.24) is 24.8 Å². The maximum atomic E-state index is 12.9. The molecule has 1 saturated heterocycles. The van der Waals surface area contributed by atoms with Gasteiger partial charge in [0.25, 0.3) is 11.5 Å². The van der Waals surface area contributed by atoms with E-state index in [1.165, 1.54) is 6.07 Å². The number of aromatic amines is 1. The second-order valence-corrected chi connectivity index (χ2v) is 7.78. The van der Waals surface area contributed by atoms with Crippen molar-refractivity contribution in [2.75, 3.05) is 37.3 Å². The second kappa shape index (κ2) is 8.20. The monoisotopic (exact) mass is 410 g/mol. The molecule has 0 spiro atoms. The molecule has 9 heteroatoms. The number of nitrogens with zero attached hydrogens (tertiary/aromatic N) is 5. The van der Waals surface area contributed by atoms with Crippen molar-refractivity contribution in [1.29, 1.82) is 0 Å². The number of thioether (sulfide) groups is 1. The maximum Gasteiger partial charge on any atom is 0.272 e. The van der Waals surface area contributed by atoms with Crippen molar-refractivity contribution in [3.05, 3.63) is 57.9 Å². The van der Waals surface area contributed by atoms with Gasteiger partial charge in [-0.25, -0.2) is 15.0 Å². The van der Waals surface area contributed by atoms with Crippen LogP contribution < -0.4 is 10.5 Å². The van der Waals surface area contributed by atoms with Crippen LogP contribution in [0, 0.1) is 6.92 Å². The fourth-order valence-corrected chi connectivity index (χ4v) is 3.89. The van der Waals surface area contributed by atoms with E-state index in [0.29, 0.717) is 37.8 Å². The minimum atomic E-state index is -0.298. The summed E-state index contributed by atoms with van der Waals surface area (Å²) < 4.78 is 0. The zero-order valence-electron chi connectivity index (χ0n) is 16.4. The topological polar surface area (TPSA) is 95.1 Å². The van der Waals surface area contributed by atoms with Crippen LogP contribution in [-0.2, 0) is 5.75 Å². The third kappa shape index (κ3) is 4.09. The van der Waals surface area contributed by atoms with Gasteiger partial charge in [-0.15, -0.1) is 0 Å². The van der Waals surface area contributed by atoms with Crippen LogP contribution in [-0.4, -0.2) is 63.2 Å². The summed E-state index contributed by atoms with van der Waals surface area (Å²) in [6.07, 6.45) is 1.92. The van der Waals surface area contributed by atoms with Gasteiger partial charge in [-0.05, 0) is 25.3 Å². The molecule has 0 saturated carbocycles. The van der Waals surface area contributed by atoms with Crippen LogP contribution in [0.25, 0.3) is 11.0 Å². The minimum Gasteiger partial charge on any atom is -0.352 e. The first-order chi connectivity index (χ1) is 14.0. The first-order valence-electron chi connectivity index (χ1n) is 9.42. The molecule has 0 aliphatic carbocycles. The van der Waals surface area contributed by atoms with Crippen molar-refractivity contribution in [2.24, 2.45) is 0 Å². The van der Waals surface area contributed by atoms with E-state index >= 15 is 0 Å². The highest BCUT2D eigenvalue weighted by Crippen LogP contribution is 2.21. The molecule has 1 fully saturated rings. The first kappa shape index (κ1) is 19.4. The molecule has 3 heterocycles. The van der Waals surface area contributed by atoms with Gasteiger partial charge in [0.2, 0.25) is 0 Å². The molecule has 0 unspecified atom stereocenters. The Morgan fingerprint density at radius 1 is 1.10 bits per heavy atom. The molecule has 2 aromatic heterocycles. The Labute approximate surface area is 172 Å². The van der Waals surface area contributed by atoms with Gasteiger partial charge in [-0.2, -0.15) is 11.8 Å². The van der Waals surface area contributed by atoms with Gasteiger partial charge in [0, 0.05) is 32.2 Å². The molecule has 1 aliphatic rings. The quantitative estimate of drug-likeness (QED) is 0.701. The van der Waals surface area contributed by atoms with Gasteiger partial charge in [0.15, 0.2) is 5.82 Å². The van der Waals surface area contributed by atoms with Crippen molar-refractivity contribution < 1.29 is 4.79 Å². The van der Waals surface area contributed by atoms with Gasteiger partial charge in [-0.1, -0.05) is 12.1 Å². The van der Waals surface area contributed by atoms with E-state index < -0.39 is 0 Å². The van der Waals surface area contributed by atoms with Gasteiger partial charge in [0.05, 0.1) is 22.5 Å². The Balaban J connectivity index is 1.49. The molecule has 29 heavy (non-hydrogen) atoms. The van der Waals surface area contributed by atoms with Crippen LogP contribution in [0.2, 0.25) is 0 Å². The minimum absolute atomic E-state index is 0.202. The van der Waals surface area contributed by atoms with E-state index in [1.807, 2.05) is 37.4 Å². The average molecular weight is 411 g/mol. The predicted molar refractivity (Wildman–Crippen MR) is 114 cm³/mol. The number of nitrogens with one attached hydrogen (secondary N) is 1. The lowest BCUT2D eigenvalue weighted by Gasteiger charge is -2.35. The lowest BCUT2D eigenvalue weighted by atomic mass is 10.2. The smallest absolute Gasteiger partial charge is 0.272 e. The third-order valence-electron chi connectivity index (χ3n) is 4.88. The first-order valence-corrected chi connectivity index (χ1v) is 10.8. The van der Waals surface area contributed by atoms with E-state index in [2.05, 4.69) is 19.9 Å².